The van der Waals surface area contributed by atoms with Gasteiger partial charge in [-0.05, 0) is 43.5 Å². The number of hydrogen-bond donors (Lipinski definition) is 1. The Morgan fingerprint density at radius 3 is 2.88 bits per heavy atom. The minimum Gasteiger partial charge on any atom is -0.323 e. The number of thiophene rings is 1. The molecule has 0 saturated heterocycles. The van der Waals surface area contributed by atoms with E-state index < -0.39 is 0 Å². The summed E-state index contributed by atoms with van der Waals surface area (Å²) in [7, 11) is 1.74. The van der Waals surface area contributed by atoms with E-state index in [0.717, 1.165) is 23.1 Å². The third kappa shape index (κ3) is 1.68. The zero-order valence-electron chi connectivity index (χ0n) is 9.71. The largest absolute Gasteiger partial charge is 0.323 e. The number of aromatic nitrogens is 2. The van der Waals surface area contributed by atoms with Gasteiger partial charge in [0.15, 0.2) is 4.77 Å². The summed E-state index contributed by atoms with van der Waals surface area (Å²) in [5, 5.41) is 0.878. The minimum atomic E-state index is 0.0585. The standard InChI is InChI=1S/C12H14N2OS2/c1-14-11(15)9-7-5-3-2-4-6-8(7)17-10(9)13-12(14)16/h2-6H2,1H3,(H,13,16). The molecule has 2 aromatic heterocycles. The van der Waals surface area contributed by atoms with Crippen molar-refractivity contribution in [1.82, 2.24) is 9.55 Å². The predicted octanol–water partition coefficient (Wildman–Crippen LogP) is 2.93. The van der Waals surface area contributed by atoms with Crippen molar-refractivity contribution in [1.29, 1.82) is 0 Å². The number of aryl methyl sites for hydroxylation is 2. The van der Waals surface area contributed by atoms with E-state index in [2.05, 4.69) is 4.98 Å². The third-order valence-corrected chi connectivity index (χ3v) is 5.05. The Morgan fingerprint density at radius 2 is 2.06 bits per heavy atom. The number of fused-ring (bicyclic) bond motifs is 3. The second-order valence-electron chi connectivity index (χ2n) is 4.56. The Balaban J connectivity index is 2.42. The van der Waals surface area contributed by atoms with Gasteiger partial charge in [0.05, 0.1) is 5.39 Å². The lowest BCUT2D eigenvalue weighted by molar-refractivity contribution is 0.713. The predicted molar refractivity (Wildman–Crippen MR) is 73.5 cm³/mol. The highest BCUT2D eigenvalue weighted by Gasteiger charge is 2.18. The van der Waals surface area contributed by atoms with Crippen molar-refractivity contribution in [2.45, 2.75) is 32.1 Å². The lowest BCUT2D eigenvalue weighted by atomic mass is 10.1. The fraction of sp³-hybridized carbons (Fsp3) is 0.500. The Kier molecular flexibility index (Phi) is 2.67. The topological polar surface area (TPSA) is 37.8 Å². The summed E-state index contributed by atoms with van der Waals surface area (Å²) in [5.74, 6) is 0. The van der Waals surface area contributed by atoms with Crippen LogP contribution in [-0.2, 0) is 19.9 Å². The van der Waals surface area contributed by atoms with Gasteiger partial charge < -0.3 is 4.98 Å². The summed E-state index contributed by atoms with van der Waals surface area (Å²) >= 11 is 6.86. The smallest absolute Gasteiger partial charge is 0.263 e. The van der Waals surface area contributed by atoms with E-state index in [1.807, 2.05) is 0 Å². The van der Waals surface area contributed by atoms with E-state index in [-0.39, 0.29) is 5.56 Å². The summed E-state index contributed by atoms with van der Waals surface area (Å²) in [5.41, 5.74) is 1.33. The Labute approximate surface area is 108 Å². The molecule has 1 aliphatic carbocycles. The first-order valence-corrected chi connectivity index (χ1v) is 7.14. The van der Waals surface area contributed by atoms with Gasteiger partial charge in [-0.15, -0.1) is 11.3 Å². The second kappa shape index (κ2) is 4.07. The summed E-state index contributed by atoms with van der Waals surface area (Å²) in [6.45, 7) is 0. The molecule has 2 heterocycles. The van der Waals surface area contributed by atoms with Crippen LogP contribution in [0.5, 0.6) is 0 Å². The normalized spacial score (nSPS) is 15.8. The fourth-order valence-electron chi connectivity index (χ4n) is 2.50. The van der Waals surface area contributed by atoms with Gasteiger partial charge >= 0.3 is 0 Å². The minimum absolute atomic E-state index is 0.0585. The fourth-order valence-corrected chi connectivity index (χ4v) is 4.03. The highest BCUT2D eigenvalue weighted by Crippen LogP contribution is 2.32. The van der Waals surface area contributed by atoms with Gasteiger partial charge in [-0.1, -0.05) is 6.42 Å². The summed E-state index contributed by atoms with van der Waals surface area (Å²) < 4.78 is 2.05. The molecule has 0 aromatic carbocycles. The van der Waals surface area contributed by atoms with E-state index in [0.29, 0.717) is 4.77 Å². The van der Waals surface area contributed by atoms with Crippen LogP contribution in [0.3, 0.4) is 0 Å². The van der Waals surface area contributed by atoms with E-state index >= 15 is 0 Å². The number of rotatable bonds is 0. The highest BCUT2D eigenvalue weighted by atomic mass is 32.1. The summed E-state index contributed by atoms with van der Waals surface area (Å²) in [4.78, 5) is 17.8. The zero-order valence-corrected chi connectivity index (χ0v) is 11.3. The van der Waals surface area contributed by atoms with Gasteiger partial charge in [-0.25, -0.2) is 0 Å². The Morgan fingerprint density at radius 1 is 1.29 bits per heavy atom. The van der Waals surface area contributed by atoms with Crippen LogP contribution < -0.4 is 5.56 Å². The monoisotopic (exact) mass is 266 g/mol. The molecule has 1 aliphatic rings. The van der Waals surface area contributed by atoms with Crippen molar-refractivity contribution >= 4 is 33.8 Å². The first-order chi connectivity index (χ1) is 8.18. The number of nitrogens with zero attached hydrogens (tertiary/aromatic N) is 1. The molecule has 2 aromatic rings. The highest BCUT2D eigenvalue weighted by molar-refractivity contribution is 7.71. The van der Waals surface area contributed by atoms with Crippen LogP contribution >= 0.6 is 23.6 Å². The molecule has 5 heteroatoms. The molecule has 0 atom stereocenters. The molecule has 0 radical (unpaired) electrons. The zero-order chi connectivity index (χ0) is 12.0. The van der Waals surface area contributed by atoms with Gasteiger partial charge in [0.1, 0.15) is 4.83 Å². The molecule has 3 nitrogen and oxygen atoms in total. The van der Waals surface area contributed by atoms with Crippen LogP contribution in [-0.4, -0.2) is 9.55 Å². The summed E-state index contributed by atoms with van der Waals surface area (Å²) in [6, 6.07) is 0. The van der Waals surface area contributed by atoms with Gasteiger partial charge in [-0.3, -0.25) is 9.36 Å². The van der Waals surface area contributed by atoms with E-state index in [1.54, 1.807) is 18.4 Å². The first-order valence-electron chi connectivity index (χ1n) is 5.92. The van der Waals surface area contributed by atoms with Crippen LogP contribution in [0.25, 0.3) is 10.2 Å². The average molecular weight is 266 g/mol. The summed E-state index contributed by atoms with van der Waals surface area (Å²) in [6.07, 6.45) is 5.85. The third-order valence-electron chi connectivity index (χ3n) is 3.46. The second-order valence-corrected chi connectivity index (χ2v) is 6.05. The van der Waals surface area contributed by atoms with Gasteiger partial charge in [0, 0.05) is 11.9 Å². The molecule has 0 unspecified atom stereocenters. The van der Waals surface area contributed by atoms with Crippen LogP contribution in [0.4, 0.5) is 0 Å². The van der Waals surface area contributed by atoms with Gasteiger partial charge in [-0.2, -0.15) is 0 Å². The van der Waals surface area contributed by atoms with E-state index in [1.165, 1.54) is 34.3 Å². The SMILES string of the molecule is Cn1c(=S)[nH]c2sc3c(c2c1=O)CCCCC3. The van der Waals surface area contributed by atoms with E-state index in [4.69, 9.17) is 12.2 Å². The maximum atomic E-state index is 12.3. The van der Waals surface area contributed by atoms with Gasteiger partial charge in [0.25, 0.3) is 5.56 Å². The van der Waals surface area contributed by atoms with Crippen molar-refractivity contribution < 1.29 is 0 Å². The quantitative estimate of drug-likeness (QED) is 0.588. The molecule has 0 saturated carbocycles. The van der Waals surface area contributed by atoms with Gasteiger partial charge in [0.2, 0.25) is 0 Å². The lowest BCUT2D eigenvalue weighted by Gasteiger charge is -2.00. The molecular weight excluding hydrogens is 252 g/mol. The molecule has 0 amide bonds. The average Bonchev–Trinajstić information content (AvgIpc) is 2.49. The molecule has 0 spiro atoms. The van der Waals surface area contributed by atoms with Crippen LogP contribution in [0.2, 0.25) is 0 Å². The molecule has 0 aliphatic heterocycles. The number of H-pyrrole nitrogens is 1. The number of aromatic amines is 1. The van der Waals surface area contributed by atoms with Crippen molar-refractivity contribution in [3.63, 3.8) is 0 Å². The van der Waals surface area contributed by atoms with Crippen molar-refractivity contribution in [3.8, 4) is 0 Å². The van der Waals surface area contributed by atoms with Crippen LogP contribution in [0, 0.1) is 4.77 Å². The lowest BCUT2D eigenvalue weighted by Crippen LogP contribution is -2.18. The van der Waals surface area contributed by atoms with Crippen LogP contribution in [0.15, 0.2) is 4.79 Å². The number of nitrogens with one attached hydrogen (secondary N) is 1. The van der Waals surface area contributed by atoms with Crippen molar-refractivity contribution in [3.05, 3.63) is 25.6 Å². The molecule has 90 valence electrons. The van der Waals surface area contributed by atoms with Crippen molar-refractivity contribution in [2.24, 2.45) is 7.05 Å². The molecular formula is C12H14N2OS2. The molecule has 17 heavy (non-hydrogen) atoms. The molecule has 0 bridgehead atoms. The molecule has 1 N–H and O–H groups in total. The first kappa shape index (κ1) is 11.2. The Hall–Kier alpha value is -0.940. The maximum absolute atomic E-state index is 12.3. The molecule has 0 fully saturated rings. The van der Waals surface area contributed by atoms with Crippen LogP contribution in [0.1, 0.15) is 29.7 Å². The Bertz CT molecular complexity index is 693. The molecule has 3 rings (SSSR count). The van der Waals surface area contributed by atoms with Crippen molar-refractivity contribution in [2.75, 3.05) is 0 Å². The van der Waals surface area contributed by atoms with E-state index in [9.17, 15) is 4.79 Å². The number of hydrogen-bond acceptors (Lipinski definition) is 3. The maximum Gasteiger partial charge on any atom is 0.263 e.